The summed E-state index contributed by atoms with van der Waals surface area (Å²) in [5.41, 5.74) is 4.85. The number of para-hydroxylation sites is 1. The summed E-state index contributed by atoms with van der Waals surface area (Å²) in [6.07, 6.45) is 1.55. The molecule has 0 fully saturated rings. The van der Waals surface area contributed by atoms with Crippen LogP contribution in [0.4, 0.5) is 5.69 Å². The highest BCUT2D eigenvalue weighted by molar-refractivity contribution is 6.32. The van der Waals surface area contributed by atoms with Crippen molar-refractivity contribution < 1.29 is 14.5 Å². The lowest BCUT2D eigenvalue weighted by atomic mass is 10.2. The maximum absolute atomic E-state index is 12.1. The van der Waals surface area contributed by atoms with E-state index >= 15 is 0 Å². The third kappa shape index (κ3) is 4.10. The molecule has 0 aliphatic rings. The lowest BCUT2D eigenvalue weighted by Gasteiger charge is -2.06. The summed E-state index contributed by atoms with van der Waals surface area (Å²) >= 11 is 6.09. The molecule has 2 amide bonds. The van der Waals surface area contributed by atoms with Crippen LogP contribution in [-0.4, -0.2) is 26.5 Å². The van der Waals surface area contributed by atoms with Gasteiger partial charge in [0.25, 0.3) is 17.5 Å². The molecule has 0 saturated carbocycles. The van der Waals surface area contributed by atoms with Gasteiger partial charge in [-0.3, -0.25) is 30.6 Å². The molecule has 0 saturated heterocycles. The number of halogens is 1. The first-order chi connectivity index (χ1) is 13.0. The summed E-state index contributed by atoms with van der Waals surface area (Å²) in [4.78, 5) is 34.3. The van der Waals surface area contributed by atoms with Crippen molar-refractivity contribution in [2.75, 3.05) is 0 Å². The van der Waals surface area contributed by atoms with Gasteiger partial charge in [0.05, 0.1) is 15.6 Å². The highest BCUT2D eigenvalue weighted by Gasteiger charge is 2.15. The number of hydrazine groups is 1. The zero-order valence-corrected chi connectivity index (χ0v) is 14.4. The Bertz CT molecular complexity index is 1030. The van der Waals surface area contributed by atoms with Crippen molar-refractivity contribution in [1.29, 1.82) is 0 Å². The zero-order chi connectivity index (χ0) is 19.4. The van der Waals surface area contributed by atoms with Crippen LogP contribution in [0, 0.1) is 10.1 Å². The largest absolute Gasteiger partial charge is 0.290 e. The van der Waals surface area contributed by atoms with Crippen molar-refractivity contribution >= 4 is 29.1 Å². The second-order valence-electron chi connectivity index (χ2n) is 5.31. The number of nitrogens with one attached hydrogen (secondary N) is 2. The SMILES string of the molecule is O=C(NNC(=O)c1ccn(-c2ccccc2Cl)n1)c1cccc([N+](=O)[O-])c1. The van der Waals surface area contributed by atoms with Gasteiger partial charge < -0.3 is 0 Å². The molecule has 2 aromatic carbocycles. The van der Waals surface area contributed by atoms with Gasteiger partial charge in [0, 0.05) is 23.9 Å². The second kappa shape index (κ2) is 7.67. The van der Waals surface area contributed by atoms with Gasteiger partial charge >= 0.3 is 0 Å². The van der Waals surface area contributed by atoms with Crippen molar-refractivity contribution in [3.63, 3.8) is 0 Å². The van der Waals surface area contributed by atoms with Crippen molar-refractivity contribution in [2.45, 2.75) is 0 Å². The number of non-ortho nitro benzene ring substituents is 1. The van der Waals surface area contributed by atoms with Crippen LogP contribution in [0.2, 0.25) is 5.02 Å². The summed E-state index contributed by atoms with van der Waals surface area (Å²) < 4.78 is 1.43. The molecule has 27 heavy (non-hydrogen) atoms. The fourth-order valence-corrected chi connectivity index (χ4v) is 2.45. The van der Waals surface area contributed by atoms with E-state index in [1.54, 1.807) is 30.5 Å². The molecule has 0 aliphatic heterocycles. The summed E-state index contributed by atoms with van der Waals surface area (Å²) in [5, 5.41) is 15.3. The van der Waals surface area contributed by atoms with Crippen LogP contribution in [0.25, 0.3) is 5.69 Å². The number of aromatic nitrogens is 2. The number of nitro benzene ring substituents is 1. The third-order valence-corrected chi connectivity index (χ3v) is 3.85. The van der Waals surface area contributed by atoms with Gasteiger partial charge in [-0.25, -0.2) is 4.68 Å². The number of amides is 2. The lowest BCUT2D eigenvalue weighted by molar-refractivity contribution is -0.384. The van der Waals surface area contributed by atoms with Crippen LogP contribution >= 0.6 is 11.6 Å². The van der Waals surface area contributed by atoms with E-state index in [0.717, 1.165) is 6.07 Å². The van der Waals surface area contributed by atoms with E-state index in [2.05, 4.69) is 16.0 Å². The molecule has 0 aliphatic carbocycles. The molecule has 136 valence electrons. The number of hydrogen-bond donors (Lipinski definition) is 2. The van der Waals surface area contributed by atoms with Crippen molar-refractivity contribution in [1.82, 2.24) is 20.6 Å². The standard InChI is InChI=1S/C17H12ClN5O4/c18-13-6-1-2-7-15(13)22-9-8-14(21-22)17(25)20-19-16(24)11-4-3-5-12(10-11)23(26)27/h1-10H,(H,19,24)(H,20,25). The van der Waals surface area contributed by atoms with Gasteiger partial charge in [0.2, 0.25) is 0 Å². The van der Waals surface area contributed by atoms with Gasteiger partial charge in [-0.2, -0.15) is 5.10 Å². The lowest BCUT2D eigenvalue weighted by Crippen LogP contribution is -2.41. The van der Waals surface area contributed by atoms with E-state index in [1.807, 2.05) is 0 Å². The number of carbonyl (C=O) groups is 2. The van der Waals surface area contributed by atoms with E-state index in [-0.39, 0.29) is 16.9 Å². The molecule has 3 rings (SSSR count). The minimum atomic E-state index is -0.697. The molecule has 10 heteroatoms. The van der Waals surface area contributed by atoms with Gasteiger partial charge in [-0.15, -0.1) is 0 Å². The number of nitro groups is 1. The number of rotatable bonds is 4. The molecule has 0 spiro atoms. The Labute approximate surface area is 157 Å². The van der Waals surface area contributed by atoms with Gasteiger partial charge in [0.15, 0.2) is 5.69 Å². The van der Waals surface area contributed by atoms with E-state index in [1.165, 1.54) is 28.9 Å². The number of carbonyl (C=O) groups excluding carboxylic acids is 2. The first-order valence-corrected chi connectivity index (χ1v) is 7.99. The first-order valence-electron chi connectivity index (χ1n) is 7.61. The molecule has 1 aromatic heterocycles. The molecule has 2 N–H and O–H groups in total. The quantitative estimate of drug-likeness (QED) is 0.528. The van der Waals surface area contributed by atoms with Crippen LogP contribution in [0.1, 0.15) is 20.8 Å². The molecule has 0 radical (unpaired) electrons. The molecular formula is C17H12ClN5O4. The normalized spacial score (nSPS) is 10.3. The van der Waals surface area contributed by atoms with E-state index in [9.17, 15) is 19.7 Å². The Balaban J connectivity index is 1.66. The monoisotopic (exact) mass is 385 g/mol. The second-order valence-corrected chi connectivity index (χ2v) is 5.72. The van der Waals surface area contributed by atoms with Crippen LogP contribution in [0.5, 0.6) is 0 Å². The summed E-state index contributed by atoms with van der Waals surface area (Å²) in [7, 11) is 0. The Morgan fingerprint density at radius 1 is 1.04 bits per heavy atom. The topological polar surface area (TPSA) is 119 Å². The molecule has 9 nitrogen and oxygen atoms in total. The number of nitrogens with zero attached hydrogens (tertiary/aromatic N) is 3. The highest BCUT2D eigenvalue weighted by Crippen LogP contribution is 2.19. The van der Waals surface area contributed by atoms with Crippen molar-refractivity contribution in [2.24, 2.45) is 0 Å². The fourth-order valence-electron chi connectivity index (χ4n) is 2.23. The first kappa shape index (κ1) is 18.1. The maximum Gasteiger partial charge on any atom is 0.290 e. The number of benzene rings is 2. The maximum atomic E-state index is 12.1. The van der Waals surface area contributed by atoms with Crippen LogP contribution in [0.3, 0.4) is 0 Å². The smallest absolute Gasteiger partial charge is 0.267 e. The molecule has 0 bridgehead atoms. The third-order valence-electron chi connectivity index (χ3n) is 3.53. The van der Waals surface area contributed by atoms with E-state index < -0.39 is 16.7 Å². The number of hydrogen-bond acceptors (Lipinski definition) is 5. The minimum Gasteiger partial charge on any atom is -0.267 e. The van der Waals surface area contributed by atoms with Crippen LogP contribution in [0.15, 0.2) is 60.8 Å². The molecule has 1 heterocycles. The molecular weight excluding hydrogens is 374 g/mol. The van der Waals surface area contributed by atoms with E-state index in [0.29, 0.717) is 10.7 Å². The summed E-state index contributed by atoms with van der Waals surface area (Å²) in [6.45, 7) is 0. The predicted molar refractivity (Wildman–Crippen MR) is 96.6 cm³/mol. The Hall–Kier alpha value is -3.72. The van der Waals surface area contributed by atoms with Gasteiger partial charge in [-0.05, 0) is 24.3 Å². The minimum absolute atomic E-state index is 0.0334. The van der Waals surface area contributed by atoms with Crippen LogP contribution < -0.4 is 10.9 Å². The fraction of sp³-hybridized carbons (Fsp3) is 0. The highest BCUT2D eigenvalue weighted by atomic mass is 35.5. The van der Waals surface area contributed by atoms with Crippen molar-refractivity contribution in [3.8, 4) is 5.69 Å². The Morgan fingerprint density at radius 2 is 1.78 bits per heavy atom. The Kier molecular flexibility index (Phi) is 5.13. The van der Waals surface area contributed by atoms with E-state index in [4.69, 9.17) is 11.6 Å². The summed E-state index contributed by atoms with van der Waals surface area (Å²) in [5.74, 6) is -1.35. The average molecular weight is 386 g/mol. The van der Waals surface area contributed by atoms with Gasteiger partial charge in [-0.1, -0.05) is 29.8 Å². The summed E-state index contributed by atoms with van der Waals surface area (Å²) in [6, 6.07) is 13.6. The predicted octanol–water partition coefficient (Wildman–Crippen LogP) is 2.51. The molecule has 0 unspecified atom stereocenters. The molecule has 0 atom stereocenters. The van der Waals surface area contributed by atoms with Crippen LogP contribution in [-0.2, 0) is 0 Å². The molecule has 3 aromatic rings. The zero-order valence-electron chi connectivity index (χ0n) is 13.6. The van der Waals surface area contributed by atoms with Crippen molar-refractivity contribution in [3.05, 3.63) is 87.2 Å². The Morgan fingerprint density at radius 3 is 2.52 bits per heavy atom. The average Bonchev–Trinajstić information content (AvgIpc) is 3.16. The van der Waals surface area contributed by atoms with Gasteiger partial charge in [0.1, 0.15) is 0 Å².